The molecule has 0 unspecified atom stereocenters. The van der Waals surface area contributed by atoms with E-state index >= 15 is 0 Å². The monoisotopic (exact) mass is 466 g/mol. The lowest BCUT2D eigenvalue weighted by Crippen LogP contribution is -2.49. The van der Waals surface area contributed by atoms with Crippen molar-refractivity contribution in [2.45, 2.75) is 57.7 Å². The Morgan fingerprint density at radius 2 is 1.97 bits per heavy atom. The molecule has 0 radical (unpaired) electrons. The fourth-order valence-electron chi connectivity index (χ4n) is 4.36. The predicted molar refractivity (Wildman–Crippen MR) is 138 cm³/mol. The van der Waals surface area contributed by atoms with Crippen molar-refractivity contribution < 1.29 is 9.90 Å². The second-order valence-corrected chi connectivity index (χ2v) is 10.1. The van der Waals surface area contributed by atoms with E-state index in [1.165, 1.54) is 11.1 Å². The molecule has 0 fully saturated rings. The predicted octanol–water partition coefficient (Wildman–Crippen LogP) is 3.96. The van der Waals surface area contributed by atoms with Gasteiger partial charge in [0.15, 0.2) is 0 Å². The number of rotatable bonds is 9. The van der Waals surface area contributed by atoms with Crippen molar-refractivity contribution in [1.82, 2.24) is 15.2 Å². The number of hydrogen-bond donors (Lipinski definition) is 3. The van der Waals surface area contributed by atoms with E-state index in [9.17, 15) is 9.90 Å². The van der Waals surface area contributed by atoms with Crippen LogP contribution in [0.4, 0.5) is 5.69 Å². The number of aryl methyl sites for hydroxylation is 1. The van der Waals surface area contributed by atoms with Gasteiger partial charge in [-0.1, -0.05) is 51.1 Å². The zero-order chi connectivity index (χ0) is 23.5. The molecule has 2 atom stereocenters. The first-order valence-electron chi connectivity index (χ1n) is 11.7. The molecule has 33 heavy (non-hydrogen) atoms. The van der Waals surface area contributed by atoms with Crippen LogP contribution in [-0.2, 0) is 18.7 Å². The largest absolute Gasteiger partial charge is 0.390 e. The number of nitrogens with zero attached hydrogens (tertiary/aromatic N) is 2. The van der Waals surface area contributed by atoms with Crippen LogP contribution >= 0.6 is 11.9 Å². The van der Waals surface area contributed by atoms with E-state index < -0.39 is 12.1 Å². The standard InChI is InChI=1S/C26H34N4O2S/c1-5-19-15-30-16-33-29(4)23-13-20(12-21(19)25(23)30)26(32)28-22(24(31)14-27-17(2)3)11-18-9-7-6-8-10-18/h6-10,12-13,15,17,22,24,27,31H,5,11,14,16H2,1-4H3,(H,28,32)/t22-,24+/m0/s1. The highest BCUT2D eigenvalue weighted by Gasteiger charge is 2.26. The molecule has 1 amide bonds. The molecule has 0 saturated heterocycles. The number of carbonyl (C=O) groups excluding carboxylic acids is 1. The molecule has 176 valence electrons. The Morgan fingerprint density at radius 3 is 2.67 bits per heavy atom. The first-order valence-corrected chi connectivity index (χ1v) is 12.6. The second kappa shape index (κ2) is 10.2. The molecule has 1 aliphatic rings. The first-order chi connectivity index (χ1) is 15.9. The van der Waals surface area contributed by atoms with Gasteiger partial charge in [0.05, 0.1) is 29.2 Å². The third-order valence-corrected chi connectivity index (χ3v) is 7.20. The highest BCUT2D eigenvalue weighted by molar-refractivity contribution is 7.99. The number of carbonyl (C=O) groups is 1. The topological polar surface area (TPSA) is 69.5 Å². The molecule has 0 saturated carbocycles. The van der Waals surface area contributed by atoms with Crippen LogP contribution < -0.4 is 14.9 Å². The number of aliphatic hydroxyl groups is 1. The summed E-state index contributed by atoms with van der Waals surface area (Å²) in [6.45, 7) is 6.66. The summed E-state index contributed by atoms with van der Waals surface area (Å²) in [5, 5.41) is 18.5. The van der Waals surface area contributed by atoms with Crippen LogP contribution in [0.2, 0.25) is 0 Å². The van der Waals surface area contributed by atoms with E-state index in [4.69, 9.17) is 0 Å². The summed E-state index contributed by atoms with van der Waals surface area (Å²) in [6.07, 6.45) is 2.98. The Morgan fingerprint density at radius 1 is 1.21 bits per heavy atom. The molecule has 4 rings (SSSR count). The van der Waals surface area contributed by atoms with E-state index in [1.807, 2.05) is 63.4 Å². The van der Waals surface area contributed by atoms with Crippen LogP contribution in [0.3, 0.4) is 0 Å². The number of aliphatic hydroxyl groups excluding tert-OH is 1. The van der Waals surface area contributed by atoms with Gasteiger partial charge in [0.1, 0.15) is 0 Å². The lowest BCUT2D eigenvalue weighted by atomic mass is 9.99. The van der Waals surface area contributed by atoms with Gasteiger partial charge in [0.25, 0.3) is 5.91 Å². The van der Waals surface area contributed by atoms with Crippen molar-refractivity contribution in [3.05, 3.63) is 65.4 Å². The van der Waals surface area contributed by atoms with Gasteiger partial charge in [-0.15, -0.1) is 0 Å². The molecule has 7 heteroatoms. The van der Waals surface area contributed by atoms with Gasteiger partial charge in [-0.25, -0.2) is 0 Å². The fourth-order valence-corrected chi connectivity index (χ4v) is 5.14. The number of benzene rings is 2. The Labute approximate surface area is 200 Å². The summed E-state index contributed by atoms with van der Waals surface area (Å²) in [6, 6.07) is 13.8. The minimum atomic E-state index is -0.704. The molecule has 2 aromatic carbocycles. The minimum absolute atomic E-state index is 0.156. The van der Waals surface area contributed by atoms with Crippen LogP contribution in [0.15, 0.2) is 48.7 Å². The maximum atomic E-state index is 13.5. The summed E-state index contributed by atoms with van der Waals surface area (Å²) in [4.78, 5) is 13.5. The van der Waals surface area contributed by atoms with E-state index in [1.54, 1.807) is 11.9 Å². The zero-order valence-electron chi connectivity index (χ0n) is 19.8. The molecule has 0 spiro atoms. The van der Waals surface area contributed by atoms with Gasteiger partial charge in [-0.05, 0) is 48.0 Å². The van der Waals surface area contributed by atoms with E-state index in [0.29, 0.717) is 18.5 Å². The average Bonchev–Trinajstić information content (AvgIpc) is 3.18. The summed E-state index contributed by atoms with van der Waals surface area (Å²) < 4.78 is 4.41. The van der Waals surface area contributed by atoms with Crippen LogP contribution in [0, 0.1) is 0 Å². The second-order valence-electron chi connectivity index (χ2n) is 9.02. The number of aromatic nitrogens is 1. The van der Waals surface area contributed by atoms with Gasteiger partial charge in [-0.3, -0.25) is 4.79 Å². The fraction of sp³-hybridized carbons (Fsp3) is 0.423. The highest BCUT2D eigenvalue weighted by Crippen LogP contribution is 2.39. The van der Waals surface area contributed by atoms with Gasteiger partial charge < -0.3 is 24.6 Å². The third kappa shape index (κ3) is 5.21. The van der Waals surface area contributed by atoms with Crippen molar-refractivity contribution in [3.8, 4) is 0 Å². The van der Waals surface area contributed by atoms with Crippen LogP contribution in [0.25, 0.3) is 10.9 Å². The normalized spacial score (nSPS) is 15.2. The van der Waals surface area contributed by atoms with Gasteiger partial charge in [0.2, 0.25) is 0 Å². The molecule has 1 aliphatic heterocycles. The quantitative estimate of drug-likeness (QED) is 0.417. The Kier molecular flexibility index (Phi) is 7.32. The van der Waals surface area contributed by atoms with Gasteiger partial charge in [-0.2, -0.15) is 0 Å². The van der Waals surface area contributed by atoms with E-state index in [-0.39, 0.29) is 11.9 Å². The third-order valence-electron chi connectivity index (χ3n) is 6.22. The highest BCUT2D eigenvalue weighted by atomic mass is 32.2. The zero-order valence-corrected chi connectivity index (χ0v) is 20.7. The molecule has 0 bridgehead atoms. The maximum Gasteiger partial charge on any atom is 0.251 e. The lowest BCUT2D eigenvalue weighted by Gasteiger charge is -2.27. The van der Waals surface area contributed by atoms with Gasteiger partial charge >= 0.3 is 0 Å². The Hall–Kier alpha value is -2.48. The first kappa shape index (κ1) is 23.7. The summed E-state index contributed by atoms with van der Waals surface area (Å²) in [5.74, 6) is 0.719. The van der Waals surface area contributed by atoms with Gasteiger partial charge in [0, 0.05) is 36.8 Å². The molecule has 3 N–H and O–H groups in total. The maximum absolute atomic E-state index is 13.5. The summed E-state index contributed by atoms with van der Waals surface area (Å²) in [5.41, 5.74) is 5.19. The molecule has 2 heterocycles. The summed E-state index contributed by atoms with van der Waals surface area (Å²) >= 11 is 1.72. The Balaban J connectivity index is 1.63. The number of hydrogen-bond acceptors (Lipinski definition) is 5. The smallest absolute Gasteiger partial charge is 0.251 e. The Bertz CT molecular complexity index is 1110. The van der Waals surface area contributed by atoms with Crippen molar-refractivity contribution in [2.24, 2.45) is 0 Å². The molecule has 1 aromatic heterocycles. The average molecular weight is 467 g/mol. The SMILES string of the molecule is CCc1cn2c3c(cc(C(=O)N[C@@H](Cc4ccccc4)[C@H](O)CNC(C)C)cc13)N(C)SC2. The summed E-state index contributed by atoms with van der Waals surface area (Å²) in [7, 11) is 2.04. The number of amides is 1. The molecular weight excluding hydrogens is 432 g/mol. The molecule has 0 aliphatic carbocycles. The van der Waals surface area contributed by atoms with Crippen molar-refractivity contribution in [2.75, 3.05) is 17.9 Å². The van der Waals surface area contributed by atoms with Crippen LogP contribution in [0.1, 0.15) is 42.3 Å². The van der Waals surface area contributed by atoms with E-state index in [0.717, 1.165) is 28.9 Å². The molecular formula is C26H34N4O2S. The minimum Gasteiger partial charge on any atom is -0.390 e. The number of anilines is 1. The van der Waals surface area contributed by atoms with Crippen LogP contribution in [-0.4, -0.2) is 47.4 Å². The van der Waals surface area contributed by atoms with Crippen molar-refractivity contribution in [3.63, 3.8) is 0 Å². The number of nitrogens with one attached hydrogen (secondary N) is 2. The molecule has 6 nitrogen and oxygen atoms in total. The van der Waals surface area contributed by atoms with Crippen LogP contribution in [0.5, 0.6) is 0 Å². The van der Waals surface area contributed by atoms with Crippen molar-refractivity contribution in [1.29, 1.82) is 0 Å². The lowest BCUT2D eigenvalue weighted by molar-refractivity contribution is 0.0827. The molecule has 3 aromatic rings. The van der Waals surface area contributed by atoms with E-state index in [2.05, 4.69) is 32.6 Å². The van der Waals surface area contributed by atoms with Crippen molar-refractivity contribution >= 4 is 34.4 Å².